The van der Waals surface area contributed by atoms with Crippen LogP contribution in [0.4, 0.5) is 11.4 Å². The van der Waals surface area contributed by atoms with E-state index in [1.807, 2.05) is 18.5 Å². The smallest absolute Gasteiger partial charge is 0.255 e. The van der Waals surface area contributed by atoms with Crippen LogP contribution < -0.4 is 10.6 Å². The second kappa shape index (κ2) is 8.33. The first-order valence-electron chi connectivity index (χ1n) is 11.3. The Labute approximate surface area is 184 Å². The van der Waals surface area contributed by atoms with E-state index in [0.717, 1.165) is 49.3 Å². The highest BCUT2D eigenvalue weighted by Gasteiger charge is 2.49. The molecule has 1 fully saturated rings. The van der Waals surface area contributed by atoms with E-state index in [1.54, 1.807) is 24.3 Å². The summed E-state index contributed by atoms with van der Waals surface area (Å²) in [6.45, 7) is 8.95. The van der Waals surface area contributed by atoms with Crippen LogP contribution in [0, 0.1) is 31.1 Å². The molecule has 0 radical (unpaired) electrons. The highest BCUT2D eigenvalue weighted by molar-refractivity contribution is 6.05. The molecule has 2 N–H and O–H groups in total. The molecule has 1 aromatic carbocycles. The second-order valence-electron chi connectivity index (χ2n) is 9.22. The molecule has 2 aliphatic carbocycles. The van der Waals surface area contributed by atoms with Gasteiger partial charge in [-0.1, -0.05) is 32.4 Å². The van der Waals surface area contributed by atoms with Crippen molar-refractivity contribution in [3.63, 3.8) is 0 Å². The van der Waals surface area contributed by atoms with Crippen molar-refractivity contribution in [2.75, 3.05) is 10.6 Å². The maximum atomic E-state index is 12.9. The van der Waals surface area contributed by atoms with Crippen molar-refractivity contribution in [1.82, 2.24) is 9.78 Å². The fraction of sp³-hybridized carbons (Fsp3) is 0.480. The minimum Gasteiger partial charge on any atom is -0.326 e. The van der Waals surface area contributed by atoms with Crippen molar-refractivity contribution in [2.45, 2.75) is 59.9 Å². The number of rotatable bonds is 7. The second-order valence-corrected chi connectivity index (χ2v) is 9.22. The molecule has 1 aromatic heterocycles. The molecule has 0 unspecified atom stereocenters. The number of allylic oxidation sites excluding steroid dienone is 2. The number of aryl methyl sites for hydroxylation is 2. The molecule has 164 valence electrons. The van der Waals surface area contributed by atoms with E-state index < -0.39 is 0 Å². The Hall–Kier alpha value is -2.89. The van der Waals surface area contributed by atoms with Crippen LogP contribution >= 0.6 is 0 Å². The highest BCUT2D eigenvalue weighted by atomic mass is 16.2. The van der Waals surface area contributed by atoms with Crippen LogP contribution in [-0.2, 0) is 11.3 Å². The number of aromatic nitrogens is 2. The van der Waals surface area contributed by atoms with Gasteiger partial charge in [0.2, 0.25) is 5.91 Å². The Balaban J connectivity index is 1.40. The molecule has 4 rings (SSSR count). The maximum absolute atomic E-state index is 12.9. The molecule has 1 heterocycles. The lowest BCUT2D eigenvalue weighted by atomic mass is 9.77. The van der Waals surface area contributed by atoms with Gasteiger partial charge < -0.3 is 10.6 Å². The number of hydrogen-bond acceptors (Lipinski definition) is 3. The highest BCUT2D eigenvalue weighted by Crippen LogP contribution is 2.52. The number of nitrogens with zero attached hydrogens (tertiary/aromatic N) is 2. The molecule has 2 amide bonds. The van der Waals surface area contributed by atoms with Gasteiger partial charge in [0.25, 0.3) is 5.91 Å². The number of nitrogens with one attached hydrogen (secondary N) is 2. The first-order valence-corrected chi connectivity index (χ1v) is 11.3. The minimum atomic E-state index is -0.345. The summed E-state index contributed by atoms with van der Waals surface area (Å²) in [4.78, 5) is 25.7. The van der Waals surface area contributed by atoms with Gasteiger partial charge in [-0.25, -0.2) is 0 Å². The lowest BCUT2D eigenvalue weighted by molar-refractivity contribution is -0.126. The van der Waals surface area contributed by atoms with Gasteiger partial charge in [0, 0.05) is 17.8 Å². The molecular weight excluding hydrogens is 388 g/mol. The summed E-state index contributed by atoms with van der Waals surface area (Å²) in [5.41, 5.74) is 3.48. The van der Waals surface area contributed by atoms with Crippen molar-refractivity contribution in [1.29, 1.82) is 0 Å². The van der Waals surface area contributed by atoms with Gasteiger partial charge in [-0.15, -0.1) is 0 Å². The molecule has 31 heavy (non-hydrogen) atoms. The molecular formula is C25H32N4O2. The summed E-state index contributed by atoms with van der Waals surface area (Å²) < 4.78 is 1.96. The van der Waals surface area contributed by atoms with Crippen LogP contribution in [0.5, 0.6) is 0 Å². The Bertz CT molecular complexity index is 1020. The first-order chi connectivity index (χ1) is 14.8. The van der Waals surface area contributed by atoms with E-state index in [2.05, 4.69) is 41.7 Å². The third-order valence-corrected chi connectivity index (χ3v) is 6.94. The zero-order valence-corrected chi connectivity index (χ0v) is 18.9. The summed E-state index contributed by atoms with van der Waals surface area (Å²) in [6.07, 6.45) is 8.57. The average molecular weight is 421 g/mol. The lowest BCUT2D eigenvalue weighted by Gasteiger charge is -2.29. The van der Waals surface area contributed by atoms with E-state index >= 15 is 0 Å². The molecule has 2 aliphatic rings. The van der Waals surface area contributed by atoms with Crippen LogP contribution in [0.2, 0.25) is 0 Å². The number of amides is 2. The SMILES string of the molecule is CCCCn1nc(C)c(NC(=O)c2ccc(NC(=O)[C@]3(C)C[C@H]4C=C[C@H]3C4)cc2)c1C. The Morgan fingerprint density at radius 2 is 1.90 bits per heavy atom. The number of unbranched alkanes of at least 4 members (excludes halogenated alkanes) is 1. The van der Waals surface area contributed by atoms with Crippen molar-refractivity contribution in [3.8, 4) is 0 Å². The fourth-order valence-corrected chi connectivity index (χ4v) is 4.92. The van der Waals surface area contributed by atoms with Gasteiger partial charge in [-0.3, -0.25) is 14.3 Å². The normalized spacial score (nSPS) is 23.9. The number of anilines is 2. The van der Waals surface area contributed by atoms with Crippen molar-refractivity contribution >= 4 is 23.2 Å². The van der Waals surface area contributed by atoms with E-state index in [4.69, 9.17) is 0 Å². The third-order valence-electron chi connectivity index (χ3n) is 6.94. The first kappa shape index (κ1) is 21.3. The van der Waals surface area contributed by atoms with Gasteiger partial charge in [-0.2, -0.15) is 5.10 Å². The number of fused-ring (bicyclic) bond motifs is 2. The van der Waals surface area contributed by atoms with Crippen LogP contribution in [0.3, 0.4) is 0 Å². The van der Waals surface area contributed by atoms with E-state index in [0.29, 0.717) is 23.1 Å². The van der Waals surface area contributed by atoms with Crippen LogP contribution in [0.1, 0.15) is 61.3 Å². The molecule has 1 saturated carbocycles. The molecule has 6 heteroatoms. The van der Waals surface area contributed by atoms with E-state index in [9.17, 15) is 9.59 Å². The molecule has 6 nitrogen and oxygen atoms in total. The molecule has 3 atom stereocenters. The van der Waals surface area contributed by atoms with E-state index in [-0.39, 0.29) is 17.2 Å². The Morgan fingerprint density at radius 3 is 2.52 bits per heavy atom. The maximum Gasteiger partial charge on any atom is 0.255 e. The summed E-state index contributed by atoms with van der Waals surface area (Å²) in [6, 6.07) is 7.09. The Morgan fingerprint density at radius 1 is 1.16 bits per heavy atom. The minimum absolute atomic E-state index is 0.0623. The molecule has 2 bridgehead atoms. The summed E-state index contributed by atoms with van der Waals surface area (Å²) in [7, 11) is 0. The number of carbonyl (C=O) groups excluding carboxylic acids is 2. The van der Waals surface area contributed by atoms with Crippen molar-refractivity contribution in [3.05, 3.63) is 53.4 Å². The predicted octanol–water partition coefficient (Wildman–Crippen LogP) is 5.09. The lowest BCUT2D eigenvalue weighted by Crippen LogP contribution is -2.36. The molecule has 0 aliphatic heterocycles. The summed E-state index contributed by atoms with van der Waals surface area (Å²) in [5.74, 6) is 0.744. The third kappa shape index (κ3) is 4.03. The summed E-state index contributed by atoms with van der Waals surface area (Å²) in [5, 5.41) is 10.6. The van der Waals surface area contributed by atoms with Crippen LogP contribution in [0.25, 0.3) is 0 Å². The van der Waals surface area contributed by atoms with E-state index in [1.165, 1.54) is 0 Å². The zero-order valence-electron chi connectivity index (χ0n) is 18.9. The number of hydrogen-bond donors (Lipinski definition) is 2. The van der Waals surface area contributed by atoms with Gasteiger partial charge in [0.05, 0.1) is 22.5 Å². The standard InChI is InChI=1S/C25H32N4O2/c1-5-6-13-29-17(3)22(16(2)28-29)27-23(30)19-8-11-21(12-9-19)26-24(31)25(4)15-18-7-10-20(25)14-18/h7-12,18,20H,5-6,13-15H2,1-4H3,(H,26,31)(H,27,30)/t18-,20-,25+/m0/s1. The monoisotopic (exact) mass is 420 g/mol. The van der Waals surface area contributed by atoms with Gasteiger partial charge >= 0.3 is 0 Å². The zero-order chi connectivity index (χ0) is 22.2. The van der Waals surface area contributed by atoms with Crippen LogP contribution in [-0.4, -0.2) is 21.6 Å². The quantitative estimate of drug-likeness (QED) is 0.612. The van der Waals surface area contributed by atoms with Crippen LogP contribution in [0.15, 0.2) is 36.4 Å². The topological polar surface area (TPSA) is 76.0 Å². The fourth-order valence-electron chi connectivity index (χ4n) is 4.92. The van der Waals surface area contributed by atoms with Crippen molar-refractivity contribution < 1.29 is 9.59 Å². The number of carbonyl (C=O) groups is 2. The Kier molecular flexibility index (Phi) is 5.73. The van der Waals surface area contributed by atoms with Crippen molar-refractivity contribution in [2.24, 2.45) is 17.3 Å². The van der Waals surface area contributed by atoms with Gasteiger partial charge in [0.1, 0.15) is 0 Å². The molecule has 0 spiro atoms. The van der Waals surface area contributed by atoms with Gasteiger partial charge in [-0.05, 0) is 69.2 Å². The molecule has 0 saturated heterocycles. The largest absolute Gasteiger partial charge is 0.326 e. The summed E-state index contributed by atoms with van der Waals surface area (Å²) >= 11 is 0. The predicted molar refractivity (Wildman–Crippen MR) is 123 cm³/mol. The number of benzene rings is 1. The van der Waals surface area contributed by atoms with Gasteiger partial charge in [0.15, 0.2) is 0 Å². The average Bonchev–Trinajstić information content (AvgIpc) is 3.42. The molecule has 2 aromatic rings.